The number of rotatable bonds is 43. The van der Waals surface area contributed by atoms with Crippen molar-refractivity contribution < 1.29 is 113 Å². The Bertz CT molecular complexity index is 3400. The molecule has 0 bridgehead atoms. The summed E-state index contributed by atoms with van der Waals surface area (Å²) < 4.78 is 75.5. The summed E-state index contributed by atoms with van der Waals surface area (Å²) >= 11 is 6.41. The molecule has 3 heterocycles. The molecule has 0 aliphatic carbocycles. The van der Waals surface area contributed by atoms with Gasteiger partial charge in [0.2, 0.25) is 41.4 Å². The minimum atomic E-state index is -4.16. The highest BCUT2D eigenvalue weighted by Gasteiger charge is 2.48. The molecule has 2 saturated heterocycles. The van der Waals surface area contributed by atoms with Crippen LogP contribution < -0.4 is 42.0 Å². The predicted molar refractivity (Wildman–Crippen MR) is 377 cm³/mol. The van der Waals surface area contributed by atoms with Gasteiger partial charge in [0.25, 0.3) is 21.9 Å². The number of carbonyl (C=O) groups excluding carboxylic acids is 12. The average molecular weight is 1520 g/mol. The van der Waals surface area contributed by atoms with Crippen LogP contribution in [-0.4, -0.2) is 211 Å². The predicted octanol–water partition coefficient (Wildman–Crippen LogP) is 3.28. The van der Waals surface area contributed by atoms with Crippen LogP contribution in [0.4, 0.5) is 0 Å². The molecule has 2 aromatic carbocycles. The zero-order chi connectivity index (χ0) is 77.2. The lowest BCUT2D eigenvalue weighted by Gasteiger charge is -2.29. The van der Waals surface area contributed by atoms with Crippen LogP contribution in [0.2, 0.25) is 5.02 Å². The molecule has 0 unspecified atom stereocenters. The summed E-state index contributed by atoms with van der Waals surface area (Å²) in [7, 11) is -2.69. The van der Waals surface area contributed by atoms with Gasteiger partial charge in [-0.2, -0.15) is 8.42 Å². The van der Waals surface area contributed by atoms with E-state index in [1.54, 1.807) is 58.0 Å². The lowest BCUT2D eigenvalue weighted by Crippen LogP contribution is -2.55. The van der Waals surface area contributed by atoms with Crippen LogP contribution in [0, 0.1) is 23.2 Å². The fraction of sp³-hybridized carbons (Fsp3) is 0.634. The first-order valence-electron chi connectivity index (χ1n) is 35.3. The van der Waals surface area contributed by atoms with Gasteiger partial charge in [-0.25, -0.2) is 9.59 Å². The molecule has 5 rings (SSSR count). The molecule has 0 radical (unpaired) electrons. The lowest BCUT2D eigenvalue weighted by molar-refractivity contribution is -0.197. The standard InChI is InChI=1S/C71H103ClN8O24S/c1-44(2)39-55-69(91)101-53(14-11-15-58(83)77-52(41-48-20-23-54(96-8)50(72)40-48)67(89)76-43-71(6,7)70(92)102-55)46(5)64-65(103-64)49-21-18-47(19-22-49)42-75-66(88)51(78-68(90)63(45(3)4)79-59(84)16-12-17-62(87)104-80-60(85)24-25-61(80)86)13-9-10-28-73-56(81)26-30-97-32-34-99-36-37-100-35-33-98-31-27-57(82)74-29-38-105(93,94)95/h11,15,18-23,40,44-46,51-53,55,63-65H,9-10,12-14,16-17,24-39,41-43H2,1-8H3,(H,73,81)(H,74,82)(H,75,88)(H,76,89)(H,77,83)(H,78,90)(H,79,84)(H,93,94,95)/b15-11+/t46-,51-,52+,53-,55-,63-,64+,65+/m0/s1. The smallest absolute Gasteiger partial charge is 0.347 e. The van der Waals surface area contributed by atoms with Gasteiger partial charge in [-0.1, -0.05) is 82.6 Å². The number of methoxy groups -OCH3 is 1. The second kappa shape index (κ2) is 44.7. The number of amides is 9. The highest BCUT2D eigenvalue weighted by molar-refractivity contribution is 7.85. The number of nitrogens with one attached hydrogen (secondary N) is 7. The summed E-state index contributed by atoms with van der Waals surface area (Å²) in [6.45, 7) is 13.7. The van der Waals surface area contributed by atoms with Crippen LogP contribution in [0.3, 0.4) is 0 Å². The Balaban J connectivity index is 1.15. The number of ether oxygens (including phenoxy) is 8. The highest BCUT2D eigenvalue weighted by atomic mass is 35.5. The Morgan fingerprint density at radius 3 is 1.92 bits per heavy atom. The van der Waals surface area contributed by atoms with Crippen molar-refractivity contribution in [1.82, 2.24) is 42.3 Å². The van der Waals surface area contributed by atoms with Gasteiger partial charge in [-0.3, -0.25) is 52.5 Å². The molecule has 8 atom stereocenters. The maximum atomic E-state index is 14.1. The van der Waals surface area contributed by atoms with E-state index >= 15 is 0 Å². The van der Waals surface area contributed by atoms with E-state index in [0.717, 1.165) is 5.56 Å². The summed E-state index contributed by atoms with van der Waals surface area (Å²) in [4.78, 5) is 162. The third kappa shape index (κ3) is 32.6. The first-order valence-corrected chi connectivity index (χ1v) is 37.3. The summed E-state index contributed by atoms with van der Waals surface area (Å²) in [6, 6.07) is 8.90. The number of benzene rings is 2. The van der Waals surface area contributed by atoms with Gasteiger partial charge in [0.05, 0.1) is 82.3 Å². The van der Waals surface area contributed by atoms with Crippen LogP contribution in [0.15, 0.2) is 54.6 Å². The number of halogens is 1. The lowest BCUT2D eigenvalue weighted by atomic mass is 9.92. The number of cyclic esters (lactones) is 2. The van der Waals surface area contributed by atoms with E-state index in [4.69, 9.17) is 58.9 Å². The van der Waals surface area contributed by atoms with Gasteiger partial charge >= 0.3 is 17.9 Å². The molecular formula is C71H103ClN8O24S. The van der Waals surface area contributed by atoms with Gasteiger partial charge < -0.3 is 80.0 Å². The molecule has 584 valence electrons. The zero-order valence-corrected chi connectivity index (χ0v) is 62.5. The minimum absolute atomic E-state index is 0.00888. The Morgan fingerprint density at radius 1 is 0.724 bits per heavy atom. The quantitative estimate of drug-likeness (QED) is 0.0155. The van der Waals surface area contributed by atoms with Crippen LogP contribution in [0.5, 0.6) is 5.75 Å². The molecular weight excluding hydrogens is 1420 g/mol. The van der Waals surface area contributed by atoms with Crippen LogP contribution in [0.1, 0.15) is 148 Å². The number of epoxide rings is 1. The van der Waals surface area contributed by atoms with E-state index in [1.807, 2.05) is 32.9 Å². The monoisotopic (exact) mass is 1520 g/mol. The molecule has 3 aliphatic heterocycles. The maximum absolute atomic E-state index is 14.1. The topological polar surface area (TPSA) is 433 Å². The van der Waals surface area contributed by atoms with E-state index in [1.165, 1.54) is 19.3 Å². The van der Waals surface area contributed by atoms with Crippen molar-refractivity contribution in [1.29, 1.82) is 0 Å². The van der Waals surface area contributed by atoms with E-state index < -0.39 is 141 Å². The van der Waals surface area contributed by atoms with Crippen LogP contribution in [-0.2, 0) is 119 Å². The third-order valence-electron chi connectivity index (χ3n) is 16.9. The van der Waals surface area contributed by atoms with Crippen molar-refractivity contribution in [3.63, 3.8) is 0 Å². The number of hydroxylamine groups is 2. The van der Waals surface area contributed by atoms with E-state index in [0.29, 0.717) is 39.8 Å². The largest absolute Gasteiger partial charge is 0.495 e. The normalized spacial score (nSPS) is 19.8. The number of hydrogen-bond donors (Lipinski definition) is 8. The second-order valence-corrected chi connectivity index (χ2v) is 29.0. The van der Waals surface area contributed by atoms with E-state index in [9.17, 15) is 66.0 Å². The summed E-state index contributed by atoms with van der Waals surface area (Å²) in [5, 5.41) is 19.8. The zero-order valence-electron chi connectivity index (χ0n) is 60.9. The molecule has 2 fully saturated rings. The number of nitrogens with zero attached hydrogens (tertiary/aromatic N) is 1. The van der Waals surface area contributed by atoms with Crippen LogP contribution >= 0.6 is 11.6 Å². The van der Waals surface area contributed by atoms with Crippen molar-refractivity contribution in [3.8, 4) is 5.75 Å². The number of esters is 2. The fourth-order valence-corrected chi connectivity index (χ4v) is 11.4. The van der Waals surface area contributed by atoms with Gasteiger partial charge in [-0.15, -0.1) is 5.06 Å². The Hall–Kier alpha value is -8.18. The maximum Gasteiger partial charge on any atom is 0.347 e. The molecule has 3 aliphatic rings. The fourth-order valence-electron chi connectivity index (χ4n) is 10.8. The van der Waals surface area contributed by atoms with Crippen molar-refractivity contribution in [2.75, 3.05) is 85.4 Å². The number of unbranched alkanes of at least 4 members (excludes halogenated alkanes) is 1. The number of hydrogen-bond acceptors (Lipinski definition) is 23. The molecule has 8 N–H and O–H groups in total. The molecule has 0 spiro atoms. The SMILES string of the molecule is COc1ccc(C[C@H]2NC(=O)/C=C/C[C@@H]([C@H](C)[C@H]3O[C@@H]3c3ccc(CNC(=O)[C@H](CCCCNC(=O)CCOCCOCCOCCOCCC(=O)NCCS(=O)(=O)O)NC(=O)[C@@H](NC(=O)CCCC(=O)ON4C(=O)CCC4=O)C(C)C)cc3)OC(=O)[C@H](CC(C)C)OC(=O)C(C)(C)CNC2=O)cc1Cl. The van der Waals surface area contributed by atoms with Crippen molar-refractivity contribution >= 4 is 92.8 Å². The summed E-state index contributed by atoms with van der Waals surface area (Å²) in [5.41, 5.74) is 0.746. The van der Waals surface area contributed by atoms with E-state index in [-0.39, 0.29) is 161 Å². The first kappa shape index (κ1) is 87.5. The molecule has 2 aromatic rings. The van der Waals surface area contributed by atoms with Crippen molar-refractivity contribution in [3.05, 3.63) is 76.3 Å². The first-order chi connectivity index (χ1) is 49.8. The minimum Gasteiger partial charge on any atom is -0.495 e. The van der Waals surface area contributed by atoms with Gasteiger partial charge in [-0.05, 0) is 92.7 Å². The summed E-state index contributed by atoms with van der Waals surface area (Å²) in [5.74, 6) is -8.58. The highest BCUT2D eigenvalue weighted by Crippen LogP contribution is 2.45. The van der Waals surface area contributed by atoms with Gasteiger partial charge in [0, 0.05) is 83.5 Å². The van der Waals surface area contributed by atoms with Crippen molar-refractivity contribution in [2.45, 2.75) is 181 Å². The van der Waals surface area contributed by atoms with Crippen molar-refractivity contribution in [2.24, 2.45) is 23.2 Å². The molecule has 32 nitrogen and oxygen atoms in total. The third-order valence-corrected chi connectivity index (χ3v) is 17.9. The average Bonchev–Trinajstić information content (AvgIpc) is 1.63. The molecule has 9 amide bonds. The Kier molecular flexibility index (Phi) is 37.2. The van der Waals surface area contributed by atoms with E-state index in [2.05, 4.69) is 37.2 Å². The Labute approximate surface area is 617 Å². The molecule has 105 heavy (non-hydrogen) atoms. The molecule has 34 heteroatoms. The molecule has 0 saturated carbocycles. The molecule has 0 aromatic heterocycles. The Morgan fingerprint density at radius 2 is 1.33 bits per heavy atom. The van der Waals surface area contributed by atoms with Gasteiger partial charge in [0.15, 0.2) is 6.10 Å². The van der Waals surface area contributed by atoms with Crippen LogP contribution in [0.25, 0.3) is 0 Å². The number of carbonyl (C=O) groups is 12. The second-order valence-electron chi connectivity index (χ2n) is 27.0. The number of imide groups is 1. The van der Waals surface area contributed by atoms with Gasteiger partial charge in [0.1, 0.15) is 36.1 Å². The summed E-state index contributed by atoms with van der Waals surface area (Å²) in [6.07, 6.45) is 0.147.